The van der Waals surface area contributed by atoms with Crippen molar-refractivity contribution in [2.45, 2.75) is 45.7 Å². The molecule has 3 heterocycles. The van der Waals surface area contributed by atoms with Gasteiger partial charge in [0, 0.05) is 11.1 Å². The highest BCUT2D eigenvalue weighted by Gasteiger charge is 2.32. The van der Waals surface area contributed by atoms with E-state index in [1.54, 1.807) is 16.8 Å². The van der Waals surface area contributed by atoms with E-state index in [0.717, 1.165) is 48.8 Å². The predicted molar refractivity (Wildman–Crippen MR) is 129 cm³/mol. The molecule has 0 aliphatic carbocycles. The van der Waals surface area contributed by atoms with Gasteiger partial charge < -0.3 is 4.98 Å². The van der Waals surface area contributed by atoms with E-state index < -0.39 is 0 Å². The maximum atomic E-state index is 13.4. The van der Waals surface area contributed by atoms with E-state index in [-0.39, 0.29) is 17.4 Å². The van der Waals surface area contributed by atoms with Crippen LogP contribution in [-0.4, -0.2) is 43.2 Å². The minimum atomic E-state index is -0.374. The Kier molecular flexibility index (Phi) is 6.24. The number of aromatic amines is 1. The molecular weight excluding hydrogens is 431 g/mol. The minimum Gasteiger partial charge on any atom is -0.322 e. The van der Waals surface area contributed by atoms with Gasteiger partial charge in [-0.25, -0.2) is 9.07 Å². The second-order valence-electron chi connectivity index (χ2n) is 9.27. The van der Waals surface area contributed by atoms with E-state index in [2.05, 4.69) is 45.3 Å². The number of tetrazole rings is 1. The largest absolute Gasteiger partial charge is 0.322 e. The highest BCUT2D eigenvalue weighted by atomic mass is 19.1. The van der Waals surface area contributed by atoms with Gasteiger partial charge in [0.05, 0.1) is 6.54 Å². The van der Waals surface area contributed by atoms with Crippen LogP contribution in [0.4, 0.5) is 4.39 Å². The van der Waals surface area contributed by atoms with Crippen LogP contribution in [0.1, 0.15) is 55.2 Å². The maximum absolute atomic E-state index is 13.4. The molecule has 0 spiro atoms. The molecule has 1 aliphatic heterocycles. The van der Waals surface area contributed by atoms with Gasteiger partial charge in [-0.05, 0) is 95.5 Å². The lowest BCUT2D eigenvalue weighted by Gasteiger charge is -2.35. The molecule has 2 aromatic carbocycles. The lowest BCUT2D eigenvalue weighted by atomic mass is 9.95. The molecule has 4 aromatic rings. The van der Waals surface area contributed by atoms with Crippen molar-refractivity contribution in [3.8, 4) is 0 Å². The second-order valence-corrected chi connectivity index (χ2v) is 9.27. The van der Waals surface area contributed by atoms with Crippen molar-refractivity contribution in [1.29, 1.82) is 0 Å². The third-order valence-electron chi connectivity index (χ3n) is 6.87. The Morgan fingerprint density at radius 2 is 1.82 bits per heavy atom. The number of nitrogens with zero attached hydrogens (tertiary/aromatic N) is 5. The fourth-order valence-electron chi connectivity index (χ4n) is 4.76. The van der Waals surface area contributed by atoms with Gasteiger partial charge in [0.2, 0.25) is 0 Å². The van der Waals surface area contributed by atoms with Crippen LogP contribution in [0.5, 0.6) is 0 Å². The van der Waals surface area contributed by atoms with E-state index >= 15 is 0 Å². The number of pyridine rings is 1. The SMILES string of the molecule is CCc1ccc2[nH]c(=O)c([C@H](c3nnnn3Cc3ccc(F)cc3)N3CCC(C)CC3)cc2c1. The zero-order valence-corrected chi connectivity index (χ0v) is 19.5. The second kappa shape index (κ2) is 9.46. The topological polar surface area (TPSA) is 79.7 Å². The Hall–Kier alpha value is -3.39. The van der Waals surface area contributed by atoms with Crippen molar-refractivity contribution >= 4 is 10.9 Å². The number of aromatic nitrogens is 5. The van der Waals surface area contributed by atoms with Crippen LogP contribution in [0.2, 0.25) is 0 Å². The quantitative estimate of drug-likeness (QED) is 0.469. The summed E-state index contributed by atoms with van der Waals surface area (Å²) in [6, 6.07) is 14.1. The van der Waals surface area contributed by atoms with Gasteiger partial charge in [0.1, 0.15) is 11.9 Å². The molecule has 176 valence electrons. The van der Waals surface area contributed by atoms with Gasteiger partial charge in [-0.15, -0.1) is 5.10 Å². The number of halogens is 1. The first-order valence-corrected chi connectivity index (χ1v) is 11.9. The van der Waals surface area contributed by atoms with Crippen molar-refractivity contribution in [3.63, 3.8) is 0 Å². The van der Waals surface area contributed by atoms with Gasteiger partial charge in [-0.3, -0.25) is 9.69 Å². The standard InChI is InChI=1S/C26H29FN6O/c1-3-18-6-9-23-20(14-18)15-22(26(34)28-23)24(32-12-10-17(2)11-13-32)25-29-30-31-33(25)16-19-4-7-21(27)8-5-19/h4-9,14-15,17,24H,3,10-13,16H2,1-2H3,(H,28,34)/t24-/m1/s1. The molecule has 5 rings (SSSR count). The Bertz CT molecular complexity index is 1340. The molecule has 1 saturated heterocycles. The summed E-state index contributed by atoms with van der Waals surface area (Å²) >= 11 is 0. The predicted octanol–water partition coefficient (Wildman–Crippen LogP) is 4.09. The Morgan fingerprint density at radius 1 is 1.09 bits per heavy atom. The lowest BCUT2D eigenvalue weighted by molar-refractivity contribution is 0.149. The number of hydrogen-bond acceptors (Lipinski definition) is 5. The molecule has 0 radical (unpaired) electrons. The van der Waals surface area contributed by atoms with Gasteiger partial charge in [-0.2, -0.15) is 0 Å². The Labute approximate surface area is 197 Å². The molecule has 0 unspecified atom stereocenters. The molecule has 1 aliphatic rings. The smallest absolute Gasteiger partial charge is 0.253 e. The van der Waals surface area contributed by atoms with Crippen LogP contribution in [0.3, 0.4) is 0 Å². The molecule has 34 heavy (non-hydrogen) atoms. The summed E-state index contributed by atoms with van der Waals surface area (Å²) in [5.41, 5.74) is 3.45. The van der Waals surface area contributed by atoms with E-state index in [9.17, 15) is 9.18 Å². The van der Waals surface area contributed by atoms with Crippen LogP contribution >= 0.6 is 0 Å². The van der Waals surface area contributed by atoms with Crippen LogP contribution in [-0.2, 0) is 13.0 Å². The number of piperidine rings is 1. The number of rotatable bonds is 6. The van der Waals surface area contributed by atoms with E-state index in [1.807, 2.05) is 18.2 Å². The highest BCUT2D eigenvalue weighted by Crippen LogP contribution is 2.31. The zero-order chi connectivity index (χ0) is 23.7. The number of likely N-dealkylation sites (tertiary alicyclic amines) is 1. The van der Waals surface area contributed by atoms with E-state index in [0.29, 0.717) is 23.9 Å². The molecule has 8 heteroatoms. The first kappa shape index (κ1) is 22.4. The molecule has 1 fully saturated rings. The number of hydrogen-bond donors (Lipinski definition) is 1. The summed E-state index contributed by atoms with van der Waals surface area (Å²) < 4.78 is 15.1. The van der Waals surface area contributed by atoms with E-state index in [1.165, 1.54) is 17.7 Å². The first-order chi connectivity index (χ1) is 16.5. The summed E-state index contributed by atoms with van der Waals surface area (Å²) in [6.45, 7) is 6.51. The van der Waals surface area contributed by atoms with Gasteiger partial charge in [-0.1, -0.05) is 32.0 Å². The molecule has 1 N–H and O–H groups in total. The molecule has 7 nitrogen and oxygen atoms in total. The summed E-state index contributed by atoms with van der Waals surface area (Å²) in [5, 5.41) is 13.6. The van der Waals surface area contributed by atoms with Crippen LogP contribution in [0.15, 0.2) is 53.3 Å². The van der Waals surface area contributed by atoms with Crippen molar-refractivity contribution in [3.05, 3.63) is 87.2 Å². The summed E-state index contributed by atoms with van der Waals surface area (Å²) in [7, 11) is 0. The molecule has 0 bridgehead atoms. The third-order valence-corrected chi connectivity index (χ3v) is 6.87. The fourth-order valence-corrected chi connectivity index (χ4v) is 4.76. The first-order valence-electron chi connectivity index (χ1n) is 11.9. The number of nitrogens with one attached hydrogen (secondary N) is 1. The van der Waals surface area contributed by atoms with Gasteiger partial charge in [0.25, 0.3) is 5.56 Å². The zero-order valence-electron chi connectivity index (χ0n) is 19.5. The Balaban J connectivity index is 1.60. The highest BCUT2D eigenvalue weighted by molar-refractivity contribution is 5.80. The molecule has 2 aromatic heterocycles. The number of benzene rings is 2. The van der Waals surface area contributed by atoms with Crippen molar-refractivity contribution in [2.75, 3.05) is 13.1 Å². The normalized spacial score (nSPS) is 16.2. The van der Waals surface area contributed by atoms with Crippen LogP contribution in [0.25, 0.3) is 10.9 Å². The summed E-state index contributed by atoms with van der Waals surface area (Å²) in [6.07, 6.45) is 3.04. The lowest BCUT2D eigenvalue weighted by Crippen LogP contribution is -2.40. The fraction of sp³-hybridized carbons (Fsp3) is 0.385. The van der Waals surface area contributed by atoms with Gasteiger partial charge in [0.15, 0.2) is 5.82 Å². The molecule has 0 saturated carbocycles. The average Bonchev–Trinajstić information content (AvgIpc) is 3.29. The number of H-pyrrole nitrogens is 1. The van der Waals surface area contributed by atoms with E-state index in [4.69, 9.17) is 0 Å². The summed E-state index contributed by atoms with van der Waals surface area (Å²) in [4.78, 5) is 18.7. The maximum Gasteiger partial charge on any atom is 0.253 e. The summed E-state index contributed by atoms with van der Waals surface area (Å²) in [5.74, 6) is 0.986. The molecular formula is C26H29FN6O. The monoisotopic (exact) mass is 460 g/mol. The molecule has 0 amide bonds. The molecule has 1 atom stereocenters. The average molecular weight is 461 g/mol. The minimum absolute atomic E-state index is 0.128. The van der Waals surface area contributed by atoms with Gasteiger partial charge >= 0.3 is 0 Å². The van der Waals surface area contributed by atoms with Crippen LogP contribution < -0.4 is 5.56 Å². The van der Waals surface area contributed by atoms with Crippen molar-refractivity contribution < 1.29 is 4.39 Å². The number of aryl methyl sites for hydroxylation is 1. The van der Waals surface area contributed by atoms with Crippen molar-refractivity contribution in [2.24, 2.45) is 5.92 Å². The van der Waals surface area contributed by atoms with Crippen LogP contribution in [0, 0.1) is 11.7 Å². The number of fused-ring (bicyclic) bond motifs is 1. The van der Waals surface area contributed by atoms with Crippen molar-refractivity contribution in [1.82, 2.24) is 30.1 Å². The third kappa shape index (κ3) is 4.50. The Morgan fingerprint density at radius 3 is 2.56 bits per heavy atom.